The molecule has 2 N–H and O–H groups in total. The molecular weight excluding hydrogens is 210 g/mol. The van der Waals surface area contributed by atoms with Crippen LogP contribution < -0.4 is 5.32 Å². The molecule has 1 atom stereocenters. The van der Waals surface area contributed by atoms with Gasteiger partial charge in [-0.15, -0.1) is 0 Å². The van der Waals surface area contributed by atoms with Gasteiger partial charge in [-0.05, 0) is 49.8 Å². The first-order chi connectivity index (χ1) is 7.90. The summed E-state index contributed by atoms with van der Waals surface area (Å²) in [4.78, 5) is 0. The van der Waals surface area contributed by atoms with Crippen LogP contribution in [0.2, 0.25) is 0 Å². The maximum absolute atomic E-state index is 9.71. The predicted molar refractivity (Wildman–Crippen MR) is 73.3 cm³/mol. The first kappa shape index (κ1) is 14.0. The molecule has 17 heavy (non-hydrogen) atoms. The highest BCUT2D eigenvalue weighted by Gasteiger charge is 2.06. The zero-order chi connectivity index (χ0) is 13.0. The van der Waals surface area contributed by atoms with Crippen molar-refractivity contribution < 1.29 is 5.11 Å². The Morgan fingerprint density at radius 2 is 1.65 bits per heavy atom. The van der Waals surface area contributed by atoms with Crippen LogP contribution in [0.4, 0.5) is 0 Å². The largest absolute Gasteiger partial charge is 0.507 e. The summed E-state index contributed by atoms with van der Waals surface area (Å²) in [7, 11) is 0. The predicted octanol–water partition coefficient (Wildman–Crippen LogP) is 3.53. The van der Waals surface area contributed by atoms with Gasteiger partial charge >= 0.3 is 0 Å². The number of aryl methyl sites for hydroxylation is 2. The van der Waals surface area contributed by atoms with Crippen LogP contribution in [0.3, 0.4) is 0 Å². The van der Waals surface area contributed by atoms with Crippen LogP contribution in [-0.4, -0.2) is 11.1 Å². The van der Waals surface area contributed by atoms with Gasteiger partial charge in [-0.1, -0.05) is 26.0 Å². The Labute approximate surface area is 105 Å². The van der Waals surface area contributed by atoms with E-state index in [0.717, 1.165) is 23.6 Å². The topological polar surface area (TPSA) is 32.3 Å². The van der Waals surface area contributed by atoms with Crippen molar-refractivity contribution in [3.8, 4) is 5.75 Å². The molecule has 1 rings (SSSR count). The van der Waals surface area contributed by atoms with E-state index < -0.39 is 0 Å². The highest BCUT2D eigenvalue weighted by atomic mass is 16.3. The molecule has 1 aromatic carbocycles. The van der Waals surface area contributed by atoms with Crippen molar-refractivity contribution in [1.82, 2.24) is 5.32 Å². The standard InChI is InChI=1S/C15H25NO/c1-10(2)6-13(5)16-9-14-7-11(3)15(17)12(4)8-14/h7-8,10,13,16-17H,6,9H2,1-5H3. The lowest BCUT2D eigenvalue weighted by Gasteiger charge is -2.16. The second-order valence-electron chi connectivity index (χ2n) is 5.49. The number of hydrogen-bond acceptors (Lipinski definition) is 2. The fraction of sp³-hybridized carbons (Fsp3) is 0.600. The molecule has 0 saturated heterocycles. The van der Waals surface area contributed by atoms with E-state index in [4.69, 9.17) is 0 Å². The molecule has 0 bridgehead atoms. The molecule has 0 amide bonds. The number of rotatable bonds is 5. The van der Waals surface area contributed by atoms with Crippen molar-refractivity contribution in [2.75, 3.05) is 0 Å². The van der Waals surface area contributed by atoms with Crippen molar-refractivity contribution in [2.45, 2.75) is 53.6 Å². The van der Waals surface area contributed by atoms with E-state index in [-0.39, 0.29) is 0 Å². The average molecular weight is 235 g/mol. The summed E-state index contributed by atoms with van der Waals surface area (Å²) >= 11 is 0. The van der Waals surface area contributed by atoms with Crippen molar-refractivity contribution in [3.63, 3.8) is 0 Å². The fourth-order valence-electron chi connectivity index (χ4n) is 2.23. The molecule has 1 aromatic rings. The molecule has 96 valence electrons. The summed E-state index contributed by atoms with van der Waals surface area (Å²) in [5, 5.41) is 13.2. The van der Waals surface area contributed by atoms with E-state index in [1.807, 2.05) is 13.8 Å². The number of phenolic OH excluding ortho intramolecular Hbond substituents is 1. The third-order valence-electron chi connectivity index (χ3n) is 3.03. The minimum atomic E-state index is 0.420. The summed E-state index contributed by atoms with van der Waals surface area (Å²) in [5.41, 5.74) is 3.16. The summed E-state index contributed by atoms with van der Waals surface area (Å²) in [6.45, 7) is 11.5. The summed E-state index contributed by atoms with van der Waals surface area (Å²) in [6, 6.07) is 4.64. The van der Waals surface area contributed by atoms with Crippen LogP contribution >= 0.6 is 0 Å². The molecule has 2 heteroatoms. The maximum atomic E-state index is 9.71. The van der Waals surface area contributed by atoms with Crippen LogP contribution in [0.25, 0.3) is 0 Å². The van der Waals surface area contributed by atoms with Gasteiger partial charge in [0.25, 0.3) is 0 Å². The Bertz CT molecular complexity index is 348. The minimum Gasteiger partial charge on any atom is -0.507 e. The van der Waals surface area contributed by atoms with Gasteiger partial charge < -0.3 is 10.4 Å². The van der Waals surface area contributed by atoms with Crippen molar-refractivity contribution >= 4 is 0 Å². The van der Waals surface area contributed by atoms with Gasteiger partial charge in [-0.2, -0.15) is 0 Å². The maximum Gasteiger partial charge on any atom is 0.121 e. The Balaban J connectivity index is 2.58. The van der Waals surface area contributed by atoms with Crippen LogP contribution in [0, 0.1) is 19.8 Å². The van der Waals surface area contributed by atoms with Crippen LogP contribution in [0.1, 0.15) is 43.9 Å². The van der Waals surface area contributed by atoms with E-state index in [0.29, 0.717) is 11.8 Å². The molecule has 0 fully saturated rings. The highest BCUT2D eigenvalue weighted by molar-refractivity contribution is 5.42. The first-order valence-electron chi connectivity index (χ1n) is 6.42. The quantitative estimate of drug-likeness (QED) is 0.818. The van der Waals surface area contributed by atoms with Crippen molar-refractivity contribution in [1.29, 1.82) is 0 Å². The van der Waals surface area contributed by atoms with Crippen LogP contribution in [0.15, 0.2) is 12.1 Å². The lowest BCUT2D eigenvalue weighted by molar-refractivity contribution is 0.440. The highest BCUT2D eigenvalue weighted by Crippen LogP contribution is 2.22. The second kappa shape index (κ2) is 6.06. The fourth-order valence-corrected chi connectivity index (χ4v) is 2.23. The number of hydrogen-bond donors (Lipinski definition) is 2. The molecule has 0 radical (unpaired) electrons. The van der Waals surface area contributed by atoms with Gasteiger partial charge in [0.15, 0.2) is 0 Å². The van der Waals surface area contributed by atoms with Crippen LogP contribution in [-0.2, 0) is 6.54 Å². The molecule has 0 aromatic heterocycles. The zero-order valence-electron chi connectivity index (χ0n) is 11.7. The molecule has 2 nitrogen and oxygen atoms in total. The number of phenols is 1. The Morgan fingerprint density at radius 1 is 1.12 bits per heavy atom. The van der Waals surface area contributed by atoms with Crippen LogP contribution in [0.5, 0.6) is 5.75 Å². The van der Waals surface area contributed by atoms with Crippen molar-refractivity contribution in [2.24, 2.45) is 5.92 Å². The molecule has 0 aliphatic rings. The SMILES string of the molecule is Cc1cc(CNC(C)CC(C)C)cc(C)c1O. The average Bonchev–Trinajstić information content (AvgIpc) is 2.22. The monoisotopic (exact) mass is 235 g/mol. The zero-order valence-corrected chi connectivity index (χ0v) is 11.7. The first-order valence-corrected chi connectivity index (χ1v) is 6.42. The molecule has 0 aliphatic carbocycles. The summed E-state index contributed by atoms with van der Waals surface area (Å²) in [6.07, 6.45) is 1.19. The summed E-state index contributed by atoms with van der Waals surface area (Å²) < 4.78 is 0. The third-order valence-corrected chi connectivity index (χ3v) is 3.03. The molecule has 0 saturated carbocycles. The Hall–Kier alpha value is -1.02. The van der Waals surface area contributed by atoms with E-state index in [9.17, 15) is 5.11 Å². The van der Waals surface area contributed by atoms with Gasteiger partial charge in [0.1, 0.15) is 5.75 Å². The van der Waals surface area contributed by atoms with Gasteiger partial charge in [-0.25, -0.2) is 0 Å². The normalized spacial score (nSPS) is 13.1. The Kier molecular flexibility index (Phi) is 5.01. The smallest absolute Gasteiger partial charge is 0.121 e. The number of benzene rings is 1. The van der Waals surface area contributed by atoms with E-state index in [2.05, 4.69) is 38.2 Å². The lowest BCUT2D eigenvalue weighted by Crippen LogP contribution is -2.26. The van der Waals surface area contributed by atoms with Gasteiger partial charge in [0.2, 0.25) is 0 Å². The molecule has 0 aliphatic heterocycles. The van der Waals surface area contributed by atoms with E-state index in [1.54, 1.807) is 0 Å². The molecular formula is C15H25NO. The molecule has 1 unspecified atom stereocenters. The third kappa shape index (κ3) is 4.39. The number of nitrogens with one attached hydrogen (secondary N) is 1. The minimum absolute atomic E-state index is 0.420. The lowest BCUT2D eigenvalue weighted by atomic mass is 10.0. The molecule has 0 heterocycles. The Morgan fingerprint density at radius 3 is 2.12 bits per heavy atom. The van der Waals surface area contributed by atoms with Crippen molar-refractivity contribution in [3.05, 3.63) is 28.8 Å². The summed E-state index contributed by atoms with van der Waals surface area (Å²) in [5.74, 6) is 1.14. The van der Waals surface area contributed by atoms with E-state index in [1.165, 1.54) is 12.0 Å². The molecule has 0 spiro atoms. The van der Waals surface area contributed by atoms with Gasteiger partial charge in [-0.3, -0.25) is 0 Å². The van der Waals surface area contributed by atoms with Gasteiger partial charge in [0, 0.05) is 12.6 Å². The van der Waals surface area contributed by atoms with E-state index >= 15 is 0 Å². The van der Waals surface area contributed by atoms with Gasteiger partial charge in [0.05, 0.1) is 0 Å². The second-order valence-corrected chi connectivity index (χ2v) is 5.49. The number of aromatic hydroxyl groups is 1.